The van der Waals surface area contributed by atoms with E-state index in [1.165, 1.54) is 17.8 Å². The van der Waals surface area contributed by atoms with Gasteiger partial charge in [0.2, 0.25) is 0 Å². The highest BCUT2D eigenvalue weighted by atomic mass is 35.5. The molecular formula is C15H21ClN4S2. The first-order valence-electron chi connectivity index (χ1n) is 7.43. The van der Waals surface area contributed by atoms with Crippen molar-refractivity contribution in [2.45, 2.75) is 12.8 Å². The number of thiophene rings is 1. The Kier molecular flexibility index (Phi) is 4.92. The van der Waals surface area contributed by atoms with Gasteiger partial charge in [-0.2, -0.15) is 0 Å². The third-order valence-electron chi connectivity index (χ3n) is 3.86. The Labute approximate surface area is 144 Å². The highest BCUT2D eigenvalue weighted by Crippen LogP contribution is 2.42. The molecule has 2 aromatic rings. The van der Waals surface area contributed by atoms with Crippen LogP contribution in [0.15, 0.2) is 11.4 Å². The Bertz CT molecular complexity index is 637. The molecule has 0 spiro atoms. The highest BCUT2D eigenvalue weighted by Gasteiger charge is 2.25. The Morgan fingerprint density at radius 2 is 2.32 bits per heavy atom. The summed E-state index contributed by atoms with van der Waals surface area (Å²) in [4.78, 5) is 10.4. The van der Waals surface area contributed by atoms with E-state index in [1.807, 2.05) is 11.4 Å². The zero-order valence-corrected chi connectivity index (χ0v) is 15.3. The molecule has 22 heavy (non-hydrogen) atoms. The van der Waals surface area contributed by atoms with Crippen molar-refractivity contribution in [3.8, 4) is 10.6 Å². The normalized spacial score (nSPS) is 19.1. The predicted molar refractivity (Wildman–Crippen MR) is 98.3 cm³/mol. The summed E-state index contributed by atoms with van der Waals surface area (Å²) in [5, 5.41) is 4.53. The lowest BCUT2D eigenvalue weighted by atomic mass is 9.98. The summed E-state index contributed by atoms with van der Waals surface area (Å²) in [5.41, 5.74) is 6.98. The van der Waals surface area contributed by atoms with Crippen LogP contribution < -0.4 is 10.6 Å². The fourth-order valence-electron chi connectivity index (χ4n) is 3.06. The van der Waals surface area contributed by atoms with Crippen molar-refractivity contribution in [2.24, 2.45) is 5.92 Å². The van der Waals surface area contributed by atoms with Crippen molar-refractivity contribution in [1.82, 2.24) is 9.88 Å². The number of hydrogen-bond donors (Lipinski definition) is 1. The van der Waals surface area contributed by atoms with Crippen molar-refractivity contribution in [2.75, 3.05) is 44.4 Å². The fourth-order valence-corrected chi connectivity index (χ4v) is 5.07. The highest BCUT2D eigenvalue weighted by molar-refractivity contribution is 7.20. The summed E-state index contributed by atoms with van der Waals surface area (Å²) in [6.07, 6.45) is 2.52. The van der Waals surface area contributed by atoms with Gasteiger partial charge < -0.3 is 15.5 Å². The quantitative estimate of drug-likeness (QED) is 0.902. The number of nitrogen functional groups attached to an aromatic ring is 1. The van der Waals surface area contributed by atoms with Crippen molar-refractivity contribution in [1.29, 1.82) is 0 Å². The topological polar surface area (TPSA) is 45.4 Å². The molecule has 1 unspecified atom stereocenters. The van der Waals surface area contributed by atoms with Gasteiger partial charge in [-0.15, -0.1) is 11.3 Å². The first kappa shape index (κ1) is 16.1. The molecule has 0 bridgehead atoms. The third kappa shape index (κ3) is 3.56. The third-order valence-corrected chi connectivity index (χ3v) is 6.09. The van der Waals surface area contributed by atoms with Gasteiger partial charge in [-0.1, -0.05) is 22.9 Å². The Morgan fingerprint density at radius 1 is 1.50 bits per heavy atom. The summed E-state index contributed by atoms with van der Waals surface area (Å²) in [5.74, 6) is 0.701. The van der Waals surface area contributed by atoms with Crippen LogP contribution in [0.5, 0.6) is 0 Å². The summed E-state index contributed by atoms with van der Waals surface area (Å²) in [6, 6.07) is 1.98. The molecule has 1 atom stereocenters. The molecule has 120 valence electrons. The average molecular weight is 357 g/mol. The number of rotatable bonds is 4. The maximum Gasteiger partial charge on any atom is 0.182 e. The molecule has 0 radical (unpaired) electrons. The van der Waals surface area contributed by atoms with Crippen molar-refractivity contribution in [3.05, 3.63) is 16.5 Å². The SMILES string of the molecule is CN(C)CC1CCCN(c2sc(N)nc2-c2cc(Cl)cs2)C1. The Balaban J connectivity index is 1.85. The molecule has 3 rings (SSSR count). The van der Waals surface area contributed by atoms with Gasteiger partial charge in [0.1, 0.15) is 10.7 Å². The minimum absolute atomic E-state index is 0.629. The molecule has 1 saturated heterocycles. The van der Waals surface area contributed by atoms with Crippen LogP contribution >= 0.6 is 34.3 Å². The maximum atomic E-state index is 6.07. The van der Waals surface area contributed by atoms with Crippen LogP contribution in [-0.4, -0.2) is 43.6 Å². The fraction of sp³-hybridized carbons (Fsp3) is 0.533. The lowest BCUT2D eigenvalue weighted by Crippen LogP contribution is -2.39. The van der Waals surface area contributed by atoms with E-state index >= 15 is 0 Å². The van der Waals surface area contributed by atoms with Crippen LogP contribution in [-0.2, 0) is 0 Å². The number of thiazole rings is 1. The number of hydrogen-bond acceptors (Lipinski definition) is 6. The molecule has 0 aromatic carbocycles. The summed E-state index contributed by atoms with van der Waals surface area (Å²) < 4.78 is 0. The van der Waals surface area contributed by atoms with E-state index in [0.717, 1.165) is 35.2 Å². The first-order valence-corrected chi connectivity index (χ1v) is 9.50. The van der Waals surface area contributed by atoms with Crippen molar-refractivity contribution < 1.29 is 0 Å². The monoisotopic (exact) mass is 356 g/mol. The number of anilines is 2. The zero-order chi connectivity index (χ0) is 15.7. The second-order valence-corrected chi connectivity index (χ2v) is 8.41. The smallest absolute Gasteiger partial charge is 0.182 e. The van der Waals surface area contributed by atoms with Gasteiger partial charge in [0.05, 0.1) is 9.90 Å². The van der Waals surface area contributed by atoms with E-state index in [9.17, 15) is 0 Å². The molecule has 1 fully saturated rings. The van der Waals surface area contributed by atoms with Crippen LogP contribution in [0.1, 0.15) is 12.8 Å². The minimum atomic E-state index is 0.629. The van der Waals surface area contributed by atoms with Crippen LogP contribution in [0, 0.1) is 5.92 Å². The molecular weight excluding hydrogens is 336 g/mol. The lowest BCUT2D eigenvalue weighted by Gasteiger charge is -2.34. The molecule has 3 heterocycles. The Hall–Kier alpha value is -0.820. The standard InChI is InChI=1S/C15H21ClN4S2/c1-19(2)7-10-4-3-5-20(8-10)14-13(18-15(17)22-14)12-6-11(16)9-21-12/h6,9-10H,3-5,7-8H2,1-2H3,(H2,17,18). The van der Waals surface area contributed by atoms with Gasteiger partial charge in [0.15, 0.2) is 5.13 Å². The van der Waals surface area contributed by atoms with Crippen molar-refractivity contribution >= 4 is 44.4 Å². The summed E-state index contributed by atoms with van der Waals surface area (Å²) in [6.45, 7) is 3.29. The number of nitrogens with two attached hydrogens (primary N) is 1. The van der Waals surface area contributed by atoms with Crippen LogP contribution in [0.3, 0.4) is 0 Å². The van der Waals surface area contributed by atoms with E-state index in [2.05, 4.69) is 28.9 Å². The largest absolute Gasteiger partial charge is 0.375 e. The maximum absolute atomic E-state index is 6.07. The second-order valence-electron chi connectivity index (χ2n) is 6.05. The molecule has 4 nitrogen and oxygen atoms in total. The number of aromatic nitrogens is 1. The lowest BCUT2D eigenvalue weighted by molar-refractivity contribution is 0.292. The van der Waals surface area contributed by atoms with Crippen LogP contribution in [0.4, 0.5) is 10.1 Å². The van der Waals surface area contributed by atoms with Gasteiger partial charge in [0, 0.05) is 25.0 Å². The van der Waals surface area contributed by atoms with Crippen molar-refractivity contribution in [3.63, 3.8) is 0 Å². The van der Waals surface area contributed by atoms with E-state index < -0.39 is 0 Å². The zero-order valence-electron chi connectivity index (χ0n) is 12.9. The number of nitrogens with zero attached hydrogens (tertiary/aromatic N) is 3. The van der Waals surface area contributed by atoms with Gasteiger partial charge >= 0.3 is 0 Å². The number of halogens is 1. The van der Waals surface area contributed by atoms with Gasteiger partial charge in [-0.05, 0) is 38.9 Å². The molecule has 2 aromatic heterocycles. The van der Waals surface area contributed by atoms with Gasteiger partial charge in [-0.25, -0.2) is 4.98 Å². The number of piperidine rings is 1. The van der Waals surface area contributed by atoms with Gasteiger partial charge in [0.25, 0.3) is 0 Å². The molecule has 2 N–H and O–H groups in total. The van der Waals surface area contributed by atoms with E-state index in [0.29, 0.717) is 11.0 Å². The van der Waals surface area contributed by atoms with E-state index in [1.54, 1.807) is 22.7 Å². The average Bonchev–Trinajstić information content (AvgIpc) is 3.04. The first-order chi connectivity index (χ1) is 10.5. The molecule has 1 aliphatic heterocycles. The van der Waals surface area contributed by atoms with Crippen LogP contribution in [0.2, 0.25) is 5.02 Å². The minimum Gasteiger partial charge on any atom is -0.375 e. The van der Waals surface area contributed by atoms with E-state index in [-0.39, 0.29) is 0 Å². The van der Waals surface area contributed by atoms with E-state index in [4.69, 9.17) is 17.3 Å². The van der Waals surface area contributed by atoms with Crippen LogP contribution in [0.25, 0.3) is 10.6 Å². The predicted octanol–water partition coefficient (Wildman–Crippen LogP) is 3.89. The molecule has 1 aliphatic rings. The molecule has 0 amide bonds. The Morgan fingerprint density at radius 3 is 3.00 bits per heavy atom. The molecule has 0 saturated carbocycles. The summed E-state index contributed by atoms with van der Waals surface area (Å²) >= 11 is 9.29. The summed E-state index contributed by atoms with van der Waals surface area (Å²) in [7, 11) is 4.28. The van der Waals surface area contributed by atoms with Gasteiger partial charge in [-0.3, -0.25) is 0 Å². The molecule has 0 aliphatic carbocycles. The second kappa shape index (κ2) is 6.74. The molecule has 7 heteroatoms.